The maximum Gasteiger partial charge on any atom is 0.283 e. The predicted octanol–water partition coefficient (Wildman–Crippen LogP) is 5.31. The maximum absolute atomic E-state index is 13.0. The van der Waals surface area contributed by atoms with Gasteiger partial charge in [0.05, 0.1) is 40.6 Å². The minimum Gasteiger partial charge on any atom is -0.497 e. The Labute approximate surface area is 207 Å². The minimum atomic E-state index is -0.708. The van der Waals surface area contributed by atoms with Crippen LogP contribution < -0.4 is 14.4 Å². The summed E-state index contributed by atoms with van der Waals surface area (Å²) in [6, 6.07) is 14.7. The largest absolute Gasteiger partial charge is 0.497 e. The fourth-order valence-corrected chi connectivity index (χ4v) is 5.96. The molecule has 0 fully saturated rings. The Morgan fingerprint density at radius 3 is 2.63 bits per heavy atom. The van der Waals surface area contributed by atoms with E-state index in [4.69, 9.17) is 9.47 Å². The van der Waals surface area contributed by atoms with Gasteiger partial charge in [-0.15, -0.1) is 11.3 Å². The predicted molar refractivity (Wildman–Crippen MR) is 133 cm³/mol. The molecule has 0 saturated heterocycles. The molecule has 1 aliphatic heterocycles. The molecular formula is C24H17N3O6S2. The van der Waals surface area contributed by atoms with Crippen molar-refractivity contribution in [3.8, 4) is 11.5 Å². The maximum atomic E-state index is 13.0. The van der Waals surface area contributed by atoms with Gasteiger partial charge in [0.1, 0.15) is 17.1 Å². The molecule has 0 spiro atoms. The smallest absolute Gasteiger partial charge is 0.283 e. The summed E-state index contributed by atoms with van der Waals surface area (Å²) in [6.45, 7) is 0. The summed E-state index contributed by atoms with van der Waals surface area (Å²) in [5, 5.41) is 11.4. The molecule has 2 heterocycles. The topological polar surface area (TPSA) is 112 Å². The van der Waals surface area contributed by atoms with Gasteiger partial charge in [-0.2, -0.15) is 0 Å². The number of nitro benzene ring substituents is 1. The van der Waals surface area contributed by atoms with Crippen LogP contribution >= 0.6 is 23.1 Å². The highest BCUT2D eigenvalue weighted by Gasteiger charge is 2.41. The van der Waals surface area contributed by atoms with Gasteiger partial charge in [-0.05, 0) is 42.5 Å². The lowest BCUT2D eigenvalue weighted by molar-refractivity contribution is -0.385. The first-order chi connectivity index (χ1) is 16.9. The number of fused-ring (bicyclic) bond motifs is 2. The lowest BCUT2D eigenvalue weighted by Gasteiger charge is -2.13. The van der Waals surface area contributed by atoms with Gasteiger partial charge in [0.25, 0.3) is 17.5 Å². The van der Waals surface area contributed by atoms with Crippen molar-refractivity contribution in [2.24, 2.45) is 0 Å². The molecule has 0 atom stereocenters. The Kier molecular flexibility index (Phi) is 5.87. The number of rotatable bonds is 7. The lowest BCUT2D eigenvalue weighted by atomic mass is 10.1. The zero-order chi connectivity index (χ0) is 24.7. The SMILES string of the molecule is COc1ccc(OC)c(CSc2nc3ccc(N4C(=O)c5cccc([N+](=O)[O-])c5C4=O)cc3s2)c1. The molecule has 11 heteroatoms. The number of ether oxygens (including phenoxy) is 2. The standard InChI is InChI=1S/C24H17N3O6S2/c1-32-15-7-9-19(33-2)13(10-15)12-34-24-25-17-8-6-14(11-20(17)35-24)26-22(28)16-4-3-5-18(27(30)31)21(16)23(26)29/h3-11H,12H2,1-2H3. The first kappa shape index (κ1) is 22.8. The number of anilines is 1. The fraction of sp³-hybridized carbons (Fsp3) is 0.125. The van der Waals surface area contributed by atoms with Crippen LogP contribution in [-0.4, -0.2) is 35.9 Å². The van der Waals surface area contributed by atoms with Crippen LogP contribution in [0, 0.1) is 10.1 Å². The van der Waals surface area contributed by atoms with Gasteiger partial charge in [-0.1, -0.05) is 17.8 Å². The second-order valence-corrected chi connectivity index (χ2v) is 9.75. The monoisotopic (exact) mass is 507 g/mol. The molecule has 0 bridgehead atoms. The summed E-state index contributed by atoms with van der Waals surface area (Å²) >= 11 is 2.96. The highest BCUT2D eigenvalue weighted by Crippen LogP contribution is 2.38. The summed E-state index contributed by atoms with van der Waals surface area (Å²) in [6.07, 6.45) is 0. The molecular weight excluding hydrogens is 490 g/mol. The third-order valence-electron chi connectivity index (χ3n) is 5.54. The van der Waals surface area contributed by atoms with Crippen molar-refractivity contribution in [3.05, 3.63) is 81.4 Å². The second kappa shape index (κ2) is 9.01. The van der Waals surface area contributed by atoms with Crippen LogP contribution in [0.25, 0.3) is 10.2 Å². The average molecular weight is 508 g/mol. The Morgan fingerprint density at radius 2 is 1.89 bits per heavy atom. The Morgan fingerprint density at radius 1 is 1.06 bits per heavy atom. The van der Waals surface area contributed by atoms with E-state index in [1.807, 2.05) is 18.2 Å². The third kappa shape index (κ3) is 3.98. The summed E-state index contributed by atoms with van der Waals surface area (Å²) in [5.74, 6) is 0.797. The van der Waals surface area contributed by atoms with E-state index in [0.717, 1.165) is 36.5 Å². The van der Waals surface area contributed by atoms with Gasteiger partial charge >= 0.3 is 0 Å². The summed E-state index contributed by atoms with van der Waals surface area (Å²) in [5.41, 5.74) is 1.49. The number of carbonyl (C=O) groups is 2. The number of thiazole rings is 1. The van der Waals surface area contributed by atoms with E-state index < -0.39 is 16.7 Å². The minimum absolute atomic E-state index is 0.0251. The molecule has 1 aliphatic rings. The highest BCUT2D eigenvalue weighted by atomic mass is 32.2. The van der Waals surface area contributed by atoms with Gasteiger partial charge in [0.2, 0.25) is 0 Å². The molecule has 9 nitrogen and oxygen atoms in total. The first-order valence-corrected chi connectivity index (χ1v) is 12.1. The molecule has 0 radical (unpaired) electrons. The average Bonchev–Trinajstić information content (AvgIpc) is 3.39. The van der Waals surface area contributed by atoms with Crippen LogP contribution in [0.15, 0.2) is 58.9 Å². The molecule has 0 aliphatic carbocycles. The van der Waals surface area contributed by atoms with Crippen molar-refractivity contribution in [3.63, 3.8) is 0 Å². The molecule has 4 aromatic rings. The Bertz CT molecular complexity index is 1520. The van der Waals surface area contributed by atoms with Crippen LogP contribution in [0.2, 0.25) is 0 Å². The number of imide groups is 1. The normalized spacial score (nSPS) is 12.8. The highest BCUT2D eigenvalue weighted by molar-refractivity contribution is 8.00. The van der Waals surface area contributed by atoms with Crippen molar-refractivity contribution >= 4 is 56.5 Å². The van der Waals surface area contributed by atoms with Gasteiger partial charge < -0.3 is 9.47 Å². The van der Waals surface area contributed by atoms with E-state index in [9.17, 15) is 19.7 Å². The van der Waals surface area contributed by atoms with E-state index in [-0.39, 0.29) is 16.8 Å². The van der Waals surface area contributed by atoms with Crippen LogP contribution in [-0.2, 0) is 5.75 Å². The number of benzene rings is 3. The number of methoxy groups -OCH3 is 2. The second-order valence-electron chi connectivity index (χ2n) is 7.50. The van der Waals surface area contributed by atoms with Crippen LogP contribution in [0.5, 0.6) is 11.5 Å². The molecule has 2 amide bonds. The Balaban J connectivity index is 1.42. The van der Waals surface area contributed by atoms with Gasteiger partial charge in [0, 0.05) is 17.4 Å². The van der Waals surface area contributed by atoms with Crippen LogP contribution in [0.1, 0.15) is 26.3 Å². The van der Waals surface area contributed by atoms with Gasteiger partial charge in [-0.3, -0.25) is 19.7 Å². The number of hydrogen-bond acceptors (Lipinski definition) is 9. The zero-order valence-corrected chi connectivity index (χ0v) is 20.1. The van der Waals surface area contributed by atoms with Crippen molar-refractivity contribution in [2.75, 3.05) is 19.1 Å². The number of aromatic nitrogens is 1. The molecule has 0 saturated carbocycles. The fourth-order valence-electron chi connectivity index (χ4n) is 3.88. The van der Waals surface area contributed by atoms with E-state index in [0.29, 0.717) is 11.4 Å². The number of nitro groups is 1. The van der Waals surface area contributed by atoms with E-state index >= 15 is 0 Å². The molecule has 0 unspecified atom stereocenters. The van der Waals surface area contributed by atoms with Gasteiger partial charge in [-0.25, -0.2) is 9.88 Å². The zero-order valence-electron chi connectivity index (χ0n) is 18.5. The third-order valence-corrected chi connectivity index (χ3v) is 7.75. The van der Waals surface area contributed by atoms with Crippen molar-refractivity contribution in [1.82, 2.24) is 4.98 Å². The van der Waals surface area contributed by atoms with Crippen LogP contribution in [0.4, 0.5) is 11.4 Å². The quantitative estimate of drug-likeness (QED) is 0.143. The number of thioether (sulfide) groups is 1. The summed E-state index contributed by atoms with van der Waals surface area (Å²) < 4.78 is 12.3. The molecule has 0 N–H and O–H groups in total. The molecule has 176 valence electrons. The van der Waals surface area contributed by atoms with Crippen molar-refractivity contribution in [2.45, 2.75) is 10.1 Å². The molecule has 5 rings (SSSR count). The van der Waals surface area contributed by atoms with Gasteiger partial charge in [0.15, 0.2) is 4.34 Å². The first-order valence-electron chi connectivity index (χ1n) is 10.3. The van der Waals surface area contributed by atoms with E-state index in [2.05, 4.69) is 4.98 Å². The van der Waals surface area contributed by atoms with Crippen molar-refractivity contribution < 1.29 is 24.0 Å². The molecule has 35 heavy (non-hydrogen) atoms. The Hall–Kier alpha value is -3.96. The molecule has 1 aromatic heterocycles. The van der Waals surface area contributed by atoms with Crippen LogP contribution in [0.3, 0.4) is 0 Å². The number of nitrogens with zero attached hydrogens (tertiary/aromatic N) is 3. The summed E-state index contributed by atoms with van der Waals surface area (Å²) in [4.78, 5) is 42.3. The molecule has 3 aromatic carbocycles. The number of carbonyl (C=O) groups excluding carboxylic acids is 2. The van der Waals surface area contributed by atoms with E-state index in [1.54, 1.807) is 32.4 Å². The summed E-state index contributed by atoms with van der Waals surface area (Å²) in [7, 11) is 3.22. The lowest BCUT2D eigenvalue weighted by Crippen LogP contribution is -2.29. The number of amides is 2. The number of hydrogen-bond donors (Lipinski definition) is 0. The van der Waals surface area contributed by atoms with Crippen molar-refractivity contribution in [1.29, 1.82) is 0 Å². The van der Waals surface area contributed by atoms with E-state index in [1.165, 1.54) is 41.3 Å².